The Bertz CT molecular complexity index is 288. The number of hydrogen-bond acceptors (Lipinski definition) is 2. The first-order valence-electron chi connectivity index (χ1n) is 3.90. The molecule has 1 aliphatic carbocycles. The lowest BCUT2D eigenvalue weighted by molar-refractivity contribution is -0.137. The Balaban J connectivity index is 2.50. The predicted molar refractivity (Wildman–Crippen MR) is 45.2 cm³/mol. The third-order valence-electron chi connectivity index (χ3n) is 1.75. The summed E-state index contributed by atoms with van der Waals surface area (Å²) in [6.45, 7) is 0. The van der Waals surface area contributed by atoms with Crippen molar-refractivity contribution in [2.75, 3.05) is 0 Å². The van der Waals surface area contributed by atoms with E-state index in [1.54, 1.807) is 18.2 Å². The van der Waals surface area contributed by atoms with Crippen LogP contribution in [-0.4, -0.2) is 22.2 Å². The highest BCUT2D eigenvalue weighted by Crippen LogP contribution is 2.21. The van der Waals surface area contributed by atoms with Crippen LogP contribution < -0.4 is 0 Å². The lowest BCUT2D eigenvalue weighted by Gasteiger charge is -1.98. The Kier molecular flexibility index (Phi) is 2.84. The van der Waals surface area contributed by atoms with Crippen LogP contribution in [0.4, 0.5) is 0 Å². The van der Waals surface area contributed by atoms with Crippen LogP contribution >= 0.6 is 0 Å². The van der Waals surface area contributed by atoms with Crippen molar-refractivity contribution in [1.29, 1.82) is 0 Å². The van der Waals surface area contributed by atoms with Crippen LogP contribution in [0.15, 0.2) is 23.8 Å². The van der Waals surface area contributed by atoms with Gasteiger partial charge in [0.25, 0.3) is 0 Å². The molecule has 1 aliphatic rings. The van der Waals surface area contributed by atoms with Crippen molar-refractivity contribution in [3.8, 4) is 0 Å². The Morgan fingerprint density at radius 3 is 2.54 bits per heavy atom. The van der Waals surface area contributed by atoms with Gasteiger partial charge in [-0.2, -0.15) is 0 Å². The molecule has 0 aliphatic heterocycles. The van der Waals surface area contributed by atoms with Crippen molar-refractivity contribution in [2.45, 2.75) is 12.8 Å². The van der Waals surface area contributed by atoms with Crippen molar-refractivity contribution in [3.05, 3.63) is 23.8 Å². The molecule has 0 bridgehead atoms. The highest BCUT2D eigenvalue weighted by Gasteiger charge is 2.14. The van der Waals surface area contributed by atoms with Crippen molar-refractivity contribution in [3.63, 3.8) is 0 Å². The molecule has 0 aromatic carbocycles. The monoisotopic (exact) mass is 182 g/mol. The van der Waals surface area contributed by atoms with Gasteiger partial charge in [-0.05, 0) is 5.57 Å². The lowest BCUT2D eigenvalue weighted by Crippen LogP contribution is -2.01. The Morgan fingerprint density at radius 1 is 1.31 bits per heavy atom. The van der Waals surface area contributed by atoms with E-state index < -0.39 is 11.9 Å². The number of carboxylic acid groups (broad SMARTS) is 2. The summed E-state index contributed by atoms with van der Waals surface area (Å²) in [4.78, 5) is 20.6. The summed E-state index contributed by atoms with van der Waals surface area (Å²) < 4.78 is 0. The molecule has 4 nitrogen and oxygen atoms in total. The van der Waals surface area contributed by atoms with E-state index in [-0.39, 0.29) is 18.8 Å². The van der Waals surface area contributed by atoms with Crippen molar-refractivity contribution < 1.29 is 19.8 Å². The molecule has 0 saturated carbocycles. The van der Waals surface area contributed by atoms with Crippen LogP contribution in [0.2, 0.25) is 0 Å². The molecule has 0 saturated heterocycles. The Hall–Kier alpha value is -1.58. The molecule has 4 heteroatoms. The first kappa shape index (κ1) is 9.51. The maximum Gasteiger partial charge on any atom is 0.307 e. The van der Waals surface area contributed by atoms with Crippen molar-refractivity contribution in [2.24, 2.45) is 5.92 Å². The molecular weight excluding hydrogens is 172 g/mol. The van der Waals surface area contributed by atoms with Crippen LogP contribution in [-0.2, 0) is 9.59 Å². The Morgan fingerprint density at radius 2 is 2.00 bits per heavy atom. The topological polar surface area (TPSA) is 74.6 Å². The van der Waals surface area contributed by atoms with Gasteiger partial charge in [0.2, 0.25) is 0 Å². The molecule has 0 radical (unpaired) electrons. The highest BCUT2D eigenvalue weighted by atomic mass is 16.4. The smallest absolute Gasteiger partial charge is 0.307 e. The van der Waals surface area contributed by atoms with E-state index in [4.69, 9.17) is 10.2 Å². The number of allylic oxidation sites excluding steroid dienone is 3. The summed E-state index contributed by atoms with van der Waals surface area (Å²) in [7, 11) is 0. The third kappa shape index (κ3) is 3.11. The predicted octanol–water partition coefficient (Wildman–Crippen LogP) is 1.05. The highest BCUT2D eigenvalue weighted by molar-refractivity contribution is 5.72. The fourth-order valence-electron chi connectivity index (χ4n) is 1.25. The van der Waals surface area contributed by atoms with E-state index in [1.807, 2.05) is 0 Å². The average molecular weight is 182 g/mol. The minimum Gasteiger partial charge on any atom is -0.481 e. The first-order chi connectivity index (χ1) is 6.08. The van der Waals surface area contributed by atoms with E-state index >= 15 is 0 Å². The maximum atomic E-state index is 10.3. The van der Waals surface area contributed by atoms with Crippen molar-refractivity contribution >= 4 is 11.9 Å². The van der Waals surface area contributed by atoms with E-state index in [2.05, 4.69) is 0 Å². The van der Waals surface area contributed by atoms with Gasteiger partial charge >= 0.3 is 11.9 Å². The second kappa shape index (κ2) is 3.89. The number of carboxylic acids is 2. The molecule has 0 aromatic heterocycles. The van der Waals surface area contributed by atoms with E-state index in [0.717, 1.165) is 0 Å². The second-order valence-electron chi connectivity index (χ2n) is 2.93. The molecule has 1 unspecified atom stereocenters. The Labute approximate surface area is 75.2 Å². The second-order valence-corrected chi connectivity index (χ2v) is 2.93. The molecule has 0 aromatic rings. The quantitative estimate of drug-likeness (QED) is 0.681. The van der Waals surface area contributed by atoms with Gasteiger partial charge in [0, 0.05) is 5.92 Å². The van der Waals surface area contributed by atoms with E-state index in [9.17, 15) is 9.59 Å². The van der Waals surface area contributed by atoms with Gasteiger partial charge in [-0.3, -0.25) is 9.59 Å². The summed E-state index contributed by atoms with van der Waals surface area (Å²) >= 11 is 0. The normalized spacial score (nSPS) is 20.0. The van der Waals surface area contributed by atoms with Crippen LogP contribution in [0.5, 0.6) is 0 Å². The number of hydrogen-bond donors (Lipinski definition) is 2. The van der Waals surface area contributed by atoms with Gasteiger partial charge in [-0.1, -0.05) is 18.2 Å². The minimum absolute atomic E-state index is 0.0274. The van der Waals surface area contributed by atoms with Gasteiger partial charge in [0.1, 0.15) is 0 Å². The molecule has 70 valence electrons. The molecule has 0 heterocycles. The summed E-state index contributed by atoms with van der Waals surface area (Å²) in [5.74, 6) is -1.92. The number of aliphatic carboxylic acids is 2. The number of carbonyl (C=O) groups is 2. The molecule has 1 atom stereocenters. The standard InChI is InChI=1S/C9H10O4/c10-8(11)4-6-1-2-7(3-6)5-9(12)13/h1-3,6H,4-5H2,(H,10,11)(H,12,13). The van der Waals surface area contributed by atoms with Crippen LogP contribution in [0.25, 0.3) is 0 Å². The molecule has 1 rings (SSSR count). The fraction of sp³-hybridized carbons (Fsp3) is 0.333. The average Bonchev–Trinajstić information content (AvgIpc) is 2.33. The molecule has 0 fully saturated rings. The molecular formula is C9H10O4. The van der Waals surface area contributed by atoms with Gasteiger partial charge in [0.05, 0.1) is 12.8 Å². The molecule has 2 N–H and O–H groups in total. The van der Waals surface area contributed by atoms with Gasteiger partial charge in [-0.15, -0.1) is 0 Å². The zero-order valence-corrected chi connectivity index (χ0v) is 6.93. The summed E-state index contributed by atoms with van der Waals surface area (Å²) in [5.41, 5.74) is 0.679. The van der Waals surface area contributed by atoms with Crippen LogP contribution in [0.1, 0.15) is 12.8 Å². The van der Waals surface area contributed by atoms with Gasteiger partial charge < -0.3 is 10.2 Å². The largest absolute Gasteiger partial charge is 0.481 e. The summed E-state index contributed by atoms with van der Waals surface area (Å²) in [6.07, 6.45) is 5.06. The zero-order chi connectivity index (χ0) is 9.84. The van der Waals surface area contributed by atoms with E-state index in [0.29, 0.717) is 5.57 Å². The minimum atomic E-state index is -0.896. The molecule has 0 amide bonds. The summed E-state index contributed by atoms with van der Waals surface area (Å²) in [6, 6.07) is 0. The maximum absolute atomic E-state index is 10.3. The van der Waals surface area contributed by atoms with Gasteiger partial charge in [0.15, 0.2) is 0 Å². The number of rotatable bonds is 4. The lowest BCUT2D eigenvalue weighted by atomic mass is 10.1. The summed E-state index contributed by atoms with van der Waals surface area (Å²) in [5, 5.41) is 16.9. The fourth-order valence-corrected chi connectivity index (χ4v) is 1.25. The van der Waals surface area contributed by atoms with Crippen LogP contribution in [0, 0.1) is 5.92 Å². The van der Waals surface area contributed by atoms with E-state index in [1.165, 1.54) is 0 Å². The SMILES string of the molecule is O=C(O)CC1=CC(CC(=O)O)C=C1. The molecule has 0 spiro atoms. The van der Waals surface area contributed by atoms with Crippen LogP contribution in [0.3, 0.4) is 0 Å². The van der Waals surface area contributed by atoms with Gasteiger partial charge in [-0.25, -0.2) is 0 Å². The van der Waals surface area contributed by atoms with Crippen molar-refractivity contribution in [1.82, 2.24) is 0 Å². The third-order valence-corrected chi connectivity index (χ3v) is 1.75. The molecule has 13 heavy (non-hydrogen) atoms. The zero-order valence-electron chi connectivity index (χ0n) is 6.93. The first-order valence-corrected chi connectivity index (χ1v) is 3.90.